The van der Waals surface area contributed by atoms with E-state index in [1.807, 2.05) is 65.6 Å². The summed E-state index contributed by atoms with van der Waals surface area (Å²) < 4.78 is 10.8. The second kappa shape index (κ2) is 12.6. The number of ether oxygens (including phenoxy) is 2. The number of amides is 1. The maximum Gasteiger partial charge on any atom is 0.227 e. The first-order chi connectivity index (χ1) is 17.7. The summed E-state index contributed by atoms with van der Waals surface area (Å²) in [5, 5.41) is 0. The van der Waals surface area contributed by atoms with Crippen molar-refractivity contribution in [1.29, 1.82) is 0 Å². The first-order valence-corrected chi connectivity index (χ1v) is 12.3. The summed E-state index contributed by atoms with van der Waals surface area (Å²) >= 11 is 0. The Bertz CT molecular complexity index is 1180. The second-order valence-corrected chi connectivity index (χ2v) is 8.81. The van der Waals surface area contributed by atoms with E-state index < -0.39 is 0 Å². The van der Waals surface area contributed by atoms with Crippen molar-refractivity contribution in [1.82, 2.24) is 4.90 Å². The van der Waals surface area contributed by atoms with Gasteiger partial charge in [0.2, 0.25) is 5.91 Å². The predicted octanol–water partition coefficient (Wildman–Crippen LogP) is 6.50. The zero-order valence-corrected chi connectivity index (χ0v) is 21.0. The van der Waals surface area contributed by atoms with Crippen LogP contribution in [0.1, 0.15) is 34.6 Å². The molecule has 0 aliphatic rings. The van der Waals surface area contributed by atoms with Gasteiger partial charge in [-0.25, -0.2) is 0 Å². The fraction of sp³-hybridized carbons (Fsp3) is 0.219. The van der Waals surface area contributed by atoms with Crippen LogP contribution in [0.25, 0.3) is 0 Å². The van der Waals surface area contributed by atoms with Crippen molar-refractivity contribution in [3.8, 4) is 11.5 Å². The Labute approximate surface area is 214 Å². The van der Waals surface area contributed by atoms with Crippen molar-refractivity contribution >= 4 is 5.91 Å². The molecule has 184 valence electrons. The number of carbonyl (C=O) groups excluding carboxylic acids is 1. The largest absolute Gasteiger partial charge is 0.497 e. The summed E-state index contributed by atoms with van der Waals surface area (Å²) in [7, 11) is 3.31. The molecule has 0 N–H and O–H groups in total. The lowest BCUT2D eigenvalue weighted by atomic mass is 9.88. The number of methoxy groups -OCH3 is 2. The van der Waals surface area contributed by atoms with Gasteiger partial charge in [0.05, 0.1) is 20.6 Å². The number of hydrogen-bond donors (Lipinski definition) is 0. The molecule has 0 aromatic heterocycles. The lowest BCUT2D eigenvalue weighted by molar-refractivity contribution is -0.131. The molecular weight excluding hydrogens is 446 g/mol. The molecule has 0 unspecified atom stereocenters. The summed E-state index contributed by atoms with van der Waals surface area (Å²) in [6.45, 7) is 1.12. The molecule has 36 heavy (non-hydrogen) atoms. The number of nitrogens with zero attached hydrogens (tertiary/aromatic N) is 1. The van der Waals surface area contributed by atoms with Gasteiger partial charge in [0.15, 0.2) is 0 Å². The summed E-state index contributed by atoms with van der Waals surface area (Å²) in [5.41, 5.74) is 4.47. The summed E-state index contributed by atoms with van der Waals surface area (Å²) in [6.07, 6.45) is 1.15. The fourth-order valence-corrected chi connectivity index (χ4v) is 4.54. The van der Waals surface area contributed by atoms with Crippen LogP contribution in [0.15, 0.2) is 109 Å². The molecular formula is C32H33NO3. The predicted molar refractivity (Wildman–Crippen MR) is 144 cm³/mol. The van der Waals surface area contributed by atoms with E-state index in [-0.39, 0.29) is 11.8 Å². The standard InChI is InChI=1S/C32H33NO3/c1-35-29-19-17-25(18-20-29)23-32(34)33(24-28-15-9-10-16-31(28)36-2)22-21-30(26-11-5-3-6-12-26)27-13-7-4-8-14-27/h3-20,30H,21-24H2,1-2H3. The number of benzene rings is 4. The number of para-hydroxylation sites is 1. The second-order valence-electron chi connectivity index (χ2n) is 8.81. The van der Waals surface area contributed by atoms with Crippen LogP contribution in [0.4, 0.5) is 0 Å². The third-order valence-electron chi connectivity index (χ3n) is 6.51. The summed E-state index contributed by atoms with van der Waals surface area (Å²) in [6, 6.07) is 36.7. The molecule has 4 nitrogen and oxygen atoms in total. The summed E-state index contributed by atoms with van der Waals surface area (Å²) in [4.78, 5) is 15.6. The smallest absolute Gasteiger partial charge is 0.227 e. The molecule has 0 fully saturated rings. The Morgan fingerprint density at radius 1 is 0.722 bits per heavy atom. The van der Waals surface area contributed by atoms with Crippen LogP contribution < -0.4 is 9.47 Å². The number of rotatable bonds is 11. The molecule has 0 heterocycles. The van der Waals surface area contributed by atoms with Gasteiger partial charge in [-0.15, -0.1) is 0 Å². The lowest BCUT2D eigenvalue weighted by Crippen LogP contribution is -2.33. The lowest BCUT2D eigenvalue weighted by Gasteiger charge is -2.27. The average molecular weight is 480 g/mol. The maximum atomic E-state index is 13.6. The highest BCUT2D eigenvalue weighted by molar-refractivity contribution is 5.79. The molecule has 0 radical (unpaired) electrons. The SMILES string of the molecule is COc1ccc(CC(=O)N(CCC(c2ccccc2)c2ccccc2)Cc2ccccc2OC)cc1. The Hall–Kier alpha value is -4.05. The Morgan fingerprint density at radius 3 is 1.89 bits per heavy atom. The van der Waals surface area contributed by atoms with Crippen LogP contribution in [0.2, 0.25) is 0 Å². The van der Waals surface area contributed by atoms with Crippen LogP contribution in [-0.2, 0) is 17.8 Å². The molecule has 4 heteroatoms. The summed E-state index contributed by atoms with van der Waals surface area (Å²) in [5.74, 6) is 1.86. The number of hydrogen-bond acceptors (Lipinski definition) is 3. The van der Waals surface area contributed by atoms with E-state index in [2.05, 4.69) is 48.5 Å². The molecule has 4 aromatic carbocycles. The van der Waals surface area contributed by atoms with E-state index in [9.17, 15) is 4.79 Å². The van der Waals surface area contributed by atoms with Crippen molar-refractivity contribution in [2.24, 2.45) is 0 Å². The van der Waals surface area contributed by atoms with Crippen molar-refractivity contribution in [2.45, 2.75) is 25.3 Å². The minimum atomic E-state index is 0.0888. The third kappa shape index (κ3) is 6.54. The Morgan fingerprint density at radius 2 is 1.31 bits per heavy atom. The van der Waals surface area contributed by atoms with E-state index in [4.69, 9.17) is 9.47 Å². The van der Waals surface area contributed by atoms with Gasteiger partial charge in [0, 0.05) is 24.6 Å². The normalized spacial score (nSPS) is 10.8. The van der Waals surface area contributed by atoms with Gasteiger partial charge >= 0.3 is 0 Å². The molecule has 4 rings (SSSR count). The van der Waals surface area contributed by atoms with Gasteiger partial charge < -0.3 is 14.4 Å². The Kier molecular flexibility index (Phi) is 8.77. The van der Waals surface area contributed by atoms with E-state index in [0.29, 0.717) is 19.5 Å². The van der Waals surface area contributed by atoms with Crippen molar-refractivity contribution in [3.05, 3.63) is 131 Å². The topological polar surface area (TPSA) is 38.8 Å². The van der Waals surface area contributed by atoms with E-state index in [1.54, 1.807) is 14.2 Å². The van der Waals surface area contributed by atoms with Crippen LogP contribution in [0.3, 0.4) is 0 Å². The van der Waals surface area contributed by atoms with Crippen molar-refractivity contribution in [3.63, 3.8) is 0 Å². The minimum Gasteiger partial charge on any atom is -0.497 e. The van der Waals surface area contributed by atoms with Gasteiger partial charge in [0.25, 0.3) is 0 Å². The molecule has 0 atom stereocenters. The zero-order valence-electron chi connectivity index (χ0n) is 21.0. The van der Waals surface area contributed by atoms with E-state index in [0.717, 1.165) is 29.0 Å². The molecule has 0 aliphatic carbocycles. The molecule has 0 bridgehead atoms. The van der Waals surface area contributed by atoms with Crippen LogP contribution in [0.5, 0.6) is 11.5 Å². The Balaban J connectivity index is 1.58. The van der Waals surface area contributed by atoms with Gasteiger partial charge in [0.1, 0.15) is 11.5 Å². The van der Waals surface area contributed by atoms with Crippen LogP contribution >= 0.6 is 0 Å². The highest BCUT2D eigenvalue weighted by Gasteiger charge is 2.20. The van der Waals surface area contributed by atoms with Crippen LogP contribution in [0, 0.1) is 0 Å². The van der Waals surface area contributed by atoms with Crippen molar-refractivity contribution in [2.75, 3.05) is 20.8 Å². The first kappa shape index (κ1) is 25.1. The quantitative estimate of drug-likeness (QED) is 0.247. The zero-order chi connectivity index (χ0) is 25.2. The van der Waals surface area contributed by atoms with Gasteiger partial charge in [-0.3, -0.25) is 4.79 Å². The van der Waals surface area contributed by atoms with Gasteiger partial charge in [-0.2, -0.15) is 0 Å². The molecule has 0 spiro atoms. The van der Waals surface area contributed by atoms with Crippen molar-refractivity contribution < 1.29 is 14.3 Å². The monoisotopic (exact) mass is 479 g/mol. The number of carbonyl (C=O) groups is 1. The van der Waals surface area contributed by atoms with Gasteiger partial charge in [-0.05, 0) is 41.3 Å². The third-order valence-corrected chi connectivity index (χ3v) is 6.51. The average Bonchev–Trinajstić information content (AvgIpc) is 2.94. The molecule has 4 aromatic rings. The highest BCUT2D eigenvalue weighted by atomic mass is 16.5. The molecule has 0 saturated heterocycles. The fourth-order valence-electron chi connectivity index (χ4n) is 4.54. The highest BCUT2D eigenvalue weighted by Crippen LogP contribution is 2.29. The van der Waals surface area contributed by atoms with Gasteiger partial charge in [-0.1, -0.05) is 91.0 Å². The first-order valence-electron chi connectivity index (χ1n) is 12.3. The molecule has 1 amide bonds. The van der Waals surface area contributed by atoms with Crippen LogP contribution in [-0.4, -0.2) is 31.6 Å². The molecule has 0 aliphatic heterocycles. The minimum absolute atomic E-state index is 0.0888. The van der Waals surface area contributed by atoms with E-state index >= 15 is 0 Å². The molecule has 0 saturated carbocycles. The van der Waals surface area contributed by atoms with E-state index in [1.165, 1.54) is 11.1 Å². The maximum absolute atomic E-state index is 13.6.